The summed E-state index contributed by atoms with van der Waals surface area (Å²) in [6, 6.07) is 7.10. The molecule has 3 heteroatoms. The molecule has 98 valence electrons. The molecule has 2 aliphatic rings. The normalized spacial score (nSPS) is 19.3. The summed E-state index contributed by atoms with van der Waals surface area (Å²) < 4.78 is 6.30. The van der Waals surface area contributed by atoms with Crippen LogP contribution < -0.4 is 10.1 Å². The maximum absolute atomic E-state index is 5.25. The fraction of sp³-hybridized carbons (Fsp3) is 0.600. The van der Waals surface area contributed by atoms with Crippen LogP contribution in [0.5, 0.6) is 5.75 Å². The lowest BCUT2D eigenvalue weighted by Crippen LogP contribution is -2.32. The molecule has 0 saturated heterocycles. The minimum absolute atomic E-state index is 0.769. The molecule has 0 atom stereocenters. The standard InChI is InChI=1S/C15H20BrNO/c1-18-14-7-2-10(8-13(14)16)9-17-15(11-3-4-11)12-5-6-12/h2,7-8,11-12,15,17H,3-6,9H2,1H3. The van der Waals surface area contributed by atoms with Crippen LogP contribution in [-0.4, -0.2) is 13.2 Å². The molecule has 0 amide bonds. The molecule has 3 rings (SSSR count). The third-order valence-corrected chi connectivity index (χ3v) is 4.64. The van der Waals surface area contributed by atoms with Crippen molar-refractivity contribution >= 4 is 15.9 Å². The van der Waals surface area contributed by atoms with Crippen molar-refractivity contribution in [3.05, 3.63) is 28.2 Å². The number of halogens is 1. The first-order chi connectivity index (χ1) is 8.78. The highest BCUT2D eigenvalue weighted by molar-refractivity contribution is 9.10. The second kappa shape index (κ2) is 5.22. The van der Waals surface area contributed by atoms with Gasteiger partial charge >= 0.3 is 0 Å². The van der Waals surface area contributed by atoms with Crippen molar-refractivity contribution in [3.63, 3.8) is 0 Å². The van der Waals surface area contributed by atoms with Gasteiger partial charge in [0.05, 0.1) is 11.6 Å². The van der Waals surface area contributed by atoms with Crippen molar-refractivity contribution in [1.29, 1.82) is 0 Å². The zero-order chi connectivity index (χ0) is 12.5. The number of methoxy groups -OCH3 is 1. The van der Waals surface area contributed by atoms with E-state index in [0.717, 1.165) is 34.6 Å². The summed E-state index contributed by atoms with van der Waals surface area (Å²) >= 11 is 3.54. The number of hydrogen-bond acceptors (Lipinski definition) is 2. The van der Waals surface area contributed by atoms with Gasteiger partial charge in [-0.3, -0.25) is 0 Å². The van der Waals surface area contributed by atoms with Gasteiger partial charge in [-0.2, -0.15) is 0 Å². The largest absolute Gasteiger partial charge is 0.496 e. The first-order valence-corrected chi connectivity index (χ1v) is 7.63. The maximum atomic E-state index is 5.25. The molecule has 1 N–H and O–H groups in total. The number of benzene rings is 1. The Balaban J connectivity index is 1.60. The third-order valence-electron chi connectivity index (χ3n) is 4.02. The van der Waals surface area contributed by atoms with Gasteiger partial charge in [-0.1, -0.05) is 6.07 Å². The smallest absolute Gasteiger partial charge is 0.133 e. The van der Waals surface area contributed by atoms with E-state index in [1.165, 1.54) is 31.2 Å². The minimum atomic E-state index is 0.769. The molecular weight excluding hydrogens is 290 g/mol. The highest BCUT2D eigenvalue weighted by atomic mass is 79.9. The molecule has 0 bridgehead atoms. The van der Waals surface area contributed by atoms with Crippen molar-refractivity contribution < 1.29 is 4.74 Å². The van der Waals surface area contributed by atoms with E-state index in [0.29, 0.717) is 0 Å². The van der Waals surface area contributed by atoms with Gasteiger partial charge in [-0.15, -0.1) is 0 Å². The van der Waals surface area contributed by atoms with Gasteiger partial charge in [0.15, 0.2) is 0 Å². The average Bonchev–Trinajstić information content (AvgIpc) is 3.24. The van der Waals surface area contributed by atoms with E-state index in [9.17, 15) is 0 Å². The molecule has 2 saturated carbocycles. The van der Waals surface area contributed by atoms with Crippen molar-refractivity contribution in [3.8, 4) is 5.75 Å². The van der Waals surface area contributed by atoms with Crippen LogP contribution >= 0.6 is 15.9 Å². The molecule has 0 aliphatic heterocycles. The number of rotatable bonds is 6. The summed E-state index contributed by atoms with van der Waals surface area (Å²) in [6.45, 7) is 0.972. The van der Waals surface area contributed by atoms with Gasteiger partial charge < -0.3 is 10.1 Å². The Kier molecular flexibility index (Phi) is 3.62. The quantitative estimate of drug-likeness (QED) is 0.864. The van der Waals surface area contributed by atoms with Crippen molar-refractivity contribution in [2.45, 2.75) is 38.3 Å². The molecule has 2 nitrogen and oxygen atoms in total. The average molecular weight is 310 g/mol. The molecule has 0 radical (unpaired) electrons. The van der Waals surface area contributed by atoms with Crippen LogP contribution in [0.3, 0.4) is 0 Å². The second-order valence-corrected chi connectivity index (χ2v) is 6.40. The summed E-state index contributed by atoms with van der Waals surface area (Å²) in [6.07, 6.45) is 5.72. The lowest BCUT2D eigenvalue weighted by atomic mass is 10.1. The van der Waals surface area contributed by atoms with E-state index in [4.69, 9.17) is 4.74 Å². The fourth-order valence-electron chi connectivity index (χ4n) is 2.68. The van der Waals surface area contributed by atoms with Crippen molar-refractivity contribution in [2.75, 3.05) is 7.11 Å². The Morgan fingerprint density at radius 1 is 1.28 bits per heavy atom. The molecule has 1 aromatic rings. The number of nitrogens with one attached hydrogen (secondary N) is 1. The van der Waals surface area contributed by atoms with E-state index in [1.807, 2.05) is 6.07 Å². The van der Waals surface area contributed by atoms with E-state index in [1.54, 1.807) is 7.11 Å². The Morgan fingerprint density at radius 3 is 2.44 bits per heavy atom. The summed E-state index contributed by atoms with van der Waals surface area (Å²) in [5, 5.41) is 3.76. The fourth-order valence-corrected chi connectivity index (χ4v) is 3.27. The van der Waals surface area contributed by atoms with Crippen molar-refractivity contribution in [1.82, 2.24) is 5.32 Å². The van der Waals surface area contributed by atoms with Crippen LogP contribution in [0.2, 0.25) is 0 Å². The summed E-state index contributed by atoms with van der Waals surface area (Å²) in [5.74, 6) is 2.82. The second-order valence-electron chi connectivity index (χ2n) is 5.55. The monoisotopic (exact) mass is 309 g/mol. The van der Waals surface area contributed by atoms with Gasteiger partial charge in [0.1, 0.15) is 5.75 Å². The Hall–Kier alpha value is -0.540. The first-order valence-electron chi connectivity index (χ1n) is 6.83. The zero-order valence-corrected chi connectivity index (χ0v) is 12.4. The van der Waals surface area contributed by atoms with E-state index >= 15 is 0 Å². The first kappa shape index (κ1) is 12.5. The van der Waals surface area contributed by atoms with Crippen LogP contribution in [0.15, 0.2) is 22.7 Å². The topological polar surface area (TPSA) is 21.3 Å². The van der Waals surface area contributed by atoms with E-state index in [-0.39, 0.29) is 0 Å². The summed E-state index contributed by atoms with van der Waals surface area (Å²) in [4.78, 5) is 0. The molecule has 0 unspecified atom stereocenters. The van der Waals surface area contributed by atoms with E-state index < -0.39 is 0 Å². The van der Waals surface area contributed by atoms with Crippen LogP contribution in [0, 0.1) is 11.8 Å². The van der Waals surface area contributed by atoms with Crippen LogP contribution in [0.25, 0.3) is 0 Å². The van der Waals surface area contributed by atoms with Crippen LogP contribution in [0.1, 0.15) is 31.2 Å². The van der Waals surface area contributed by atoms with Gasteiger partial charge in [-0.05, 0) is 71.1 Å². The molecule has 0 aromatic heterocycles. The highest BCUT2D eigenvalue weighted by Gasteiger charge is 2.40. The molecule has 18 heavy (non-hydrogen) atoms. The summed E-state index contributed by atoms with van der Waals surface area (Å²) in [5.41, 5.74) is 1.33. The van der Waals surface area contributed by atoms with Gasteiger partial charge in [-0.25, -0.2) is 0 Å². The minimum Gasteiger partial charge on any atom is -0.496 e. The predicted octanol–water partition coefficient (Wildman–Crippen LogP) is 3.74. The molecule has 1 aromatic carbocycles. The Morgan fingerprint density at radius 2 is 1.94 bits per heavy atom. The summed E-state index contributed by atoms with van der Waals surface area (Å²) in [7, 11) is 1.70. The lowest BCUT2D eigenvalue weighted by molar-refractivity contribution is 0.409. The third kappa shape index (κ3) is 2.89. The molecule has 2 fully saturated rings. The highest BCUT2D eigenvalue weighted by Crippen LogP contribution is 2.44. The number of hydrogen-bond donors (Lipinski definition) is 1. The van der Waals surface area contributed by atoms with Gasteiger partial charge in [0.2, 0.25) is 0 Å². The predicted molar refractivity (Wildman–Crippen MR) is 76.8 cm³/mol. The molecule has 0 heterocycles. The lowest BCUT2D eigenvalue weighted by Gasteiger charge is -2.18. The Bertz CT molecular complexity index is 415. The molecule has 0 spiro atoms. The zero-order valence-electron chi connectivity index (χ0n) is 10.8. The molecular formula is C15H20BrNO. The van der Waals surface area contributed by atoms with Gasteiger partial charge in [0, 0.05) is 12.6 Å². The van der Waals surface area contributed by atoms with E-state index in [2.05, 4.69) is 33.4 Å². The SMILES string of the molecule is COc1ccc(CNC(C2CC2)C2CC2)cc1Br. The van der Waals surface area contributed by atoms with Gasteiger partial charge in [0.25, 0.3) is 0 Å². The molecule has 2 aliphatic carbocycles. The Labute approximate surface area is 117 Å². The maximum Gasteiger partial charge on any atom is 0.133 e. The number of ether oxygens (including phenoxy) is 1. The van der Waals surface area contributed by atoms with Crippen LogP contribution in [-0.2, 0) is 6.54 Å². The van der Waals surface area contributed by atoms with Crippen LogP contribution in [0.4, 0.5) is 0 Å². The van der Waals surface area contributed by atoms with Crippen molar-refractivity contribution in [2.24, 2.45) is 11.8 Å².